The molecule has 1 nitrogen and oxygen atoms in total. The van der Waals surface area contributed by atoms with E-state index in [0.29, 0.717) is 0 Å². The van der Waals surface area contributed by atoms with Crippen LogP contribution >= 0.6 is 0 Å². The van der Waals surface area contributed by atoms with Crippen molar-refractivity contribution >= 4 is 0 Å². The van der Waals surface area contributed by atoms with E-state index in [2.05, 4.69) is 61.5 Å². The molecule has 0 heterocycles. The van der Waals surface area contributed by atoms with E-state index in [0.717, 1.165) is 18.8 Å². The van der Waals surface area contributed by atoms with E-state index < -0.39 is 0 Å². The molecule has 0 amide bonds. The summed E-state index contributed by atoms with van der Waals surface area (Å²) in [6.45, 7) is 3.13. The molecule has 2 aromatic rings. The topological polar surface area (TPSA) is 9.23 Å². The summed E-state index contributed by atoms with van der Waals surface area (Å²) >= 11 is 0. The second-order valence-electron chi connectivity index (χ2n) is 8.75. The molecule has 0 aromatic heterocycles. The Morgan fingerprint density at radius 3 is 1.50 bits per heavy atom. The van der Waals surface area contributed by atoms with E-state index in [1.54, 1.807) is 0 Å². The van der Waals surface area contributed by atoms with Crippen molar-refractivity contribution in [3.63, 3.8) is 0 Å². The maximum absolute atomic E-state index is 5.92. The molecule has 0 saturated heterocycles. The van der Waals surface area contributed by atoms with Crippen molar-refractivity contribution in [2.75, 3.05) is 6.61 Å². The lowest BCUT2D eigenvalue weighted by Crippen LogP contribution is -1.97. The van der Waals surface area contributed by atoms with Gasteiger partial charge in [-0.1, -0.05) is 133 Å². The van der Waals surface area contributed by atoms with Crippen LogP contribution in [0.1, 0.15) is 108 Å². The SMILES string of the molecule is CCCCCCCCCCCCCCCCOc1ccc(Cc2ccccc2)cc1. The van der Waals surface area contributed by atoms with E-state index in [1.165, 1.54) is 101 Å². The van der Waals surface area contributed by atoms with Gasteiger partial charge in [-0.25, -0.2) is 0 Å². The Labute approximate surface area is 186 Å². The highest BCUT2D eigenvalue weighted by atomic mass is 16.5. The van der Waals surface area contributed by atoms with Crippen molar-refractivity contribution in [2.45, 2.75) is 103 Å². The third kappa shape index (κ3) is 12.1. The summed E-state index contributed by atoms with van der Waals surface area (Å²) in [4.78, 5) is 0. The fourth-order valence-electron chi connectivity index (χ4n) is 4.02. The predicted octanol–water partition coefficient (Wildman–Crippen LogP) is 9.14. The van der Waals surface area contributed by atoms with E-state index in [-0.39, 0.29) is 0 Å². The first-order valence-electron chi connectivity index (χ1n) is 12.6. The van der Waals surface area contributed by atoms with Gasteiger partial charge in [0.05, 0.1) is 6.61 Å². The van der Waals surface area contributed by atoms with Gasteiger partial charge in [0.15, 0.2) is 0 Å². The van der Waals surface area contributed by atoms with Crippen LogP contribution in [0.5, 0.6) is 5.75 Å². The minimum Gasteiger partial charge on any atom is -0.494 e. The Morgan fingerprint density at radius 1 is 0.500 bits per heavy atom. The molecule has 2 aromatic carbocycles. The number of ether oxygens (including phenoxy) is 1. The Kier molecular flexibility index (Phi) is 13.9. The average Bonchev–Trinajstić information content (AvgIpc) is 2.78. The summed E-state index contributed by atoms with van der Waals surface area (Å²) in [6, 6.07) is 19.2. The lowest BCUT2D eigenvalue weighted by molar-refractivity contribution is 0.304. The molecule has 0 bridgehead atoms. The summed E-state index contributed by atoms with van der Waals surface area (Å²) in [6.07, 6.45) is 20.5. The molecule has 0 N–H and O–H groups in total. The number of unbranched alkanes of at least 4 members (excludes halogenated alkanes) is 13. The molecule has 0 radical (unpaired) electrons. The van der Waals surface area contributed by atoms with E-state index in [1.807, 2.05) is 0 Å². The lowest BCUT2D eigenvalue weighted by Gasteiger charge is -2.08. The van der Waals surface area contributed by atoms with Crippen LogP contribution in [0.4, 0.5) is 0 Å². The molecule has 0 aliphatic heterocycles. The first kappa shape index (κ1) is 24.5. The normalized spacial score (nSPS) is 11.0. The number of benzene rings is 2. The van der Waals surface area contributed by atoms with Gasteiger partial charge in [0.1, 0.15) is 5.75 Å². The molecule has 0 saturated carbocycles. The van der Waals surface area contributed by atoms with Crippen molar-refractivity contribution in [1.82, 2.24) is 0 Å². The van der Waals surface area contributed by atoms with Gasteiger partial charge in [0.2, 0.25) is 0 Å². The van der Waals surface area contributed by atoms with Gasteiger partial charge >= 0.3 is 0 Å². The zero-order valence-electron chi connectivity index (χ0n) is 19.4. The third-order valence-electron chi connectivity index (χ3n) is 5.94. The van der Waals surface area contributed by atoms with Crippen molar-refractivity contribution in [3.05, 3.63) is 65.7 Å². The van der Waals surface area contributed by atoms with Gasteiger partial charge in [-0.2, -0.15) is 0 Å². The van der Waals surface area contributed by atoms with Crippen LogP contribution in [-0.4, -0.2) is 6.61 Å². The zero-order valence-corrected chi connectivity index (χ0v) is 19.4. The van der Waals surface area contributed by atoms with Crippen molar-refractivity contribution < 1.29 is 4.74 Å². The standard InChI is InChI=1S/C29H44O/c1-2-3-4-5-6-7-8-9-10-11-12-13-14-18-25-30-29-23-21-28(22-24-29)26-27-19-16-15-17-20-27/h15-17,19-24H,2-14,18,25-26H2,1H3. The highest BCUT2D eigenvalue weighted by molar-refractivity contribution is 5.31. The molecule has 0 aliphatic carbocycles. The quantitative estimate of drug-likeness (QED) is 0.223. The first-order valence-corrected chi connectivity index (χ1v) is 12.6. The Bertz CT molecular complexity index is 617. The van der Waals surface area contributed by atoms with Crippen LogP contribution < -0.4 is 4.74 Å². The van der Waals surface area contributed by atoms with Gasteiger partial charge in [0, 0.05) is 0 Å². The maximum Gasteiger partial charge on any atom is 0.119 e. The van der Waals surface area contributed by atoms with E-state index >= 15 is 0 Å². The third-order valence-corrected chi connectivity index (χ3v) is 5.94. The summed E-state index contributed by atoms with van der Waals surface area (Å²) in [5.74, 6) is 1.00. The fraction of sp³-hybridized carbons (Fsp3) is 0.586. The van der Waals surface area contributed by atoms with Gasteiger partial charge in [0.25, 0.3) is 0 Å². The van der Waals surface area contributed by atoms with Gasteiger partial charge in [-0.15, -0.1) is 0 Å². The smallest absolute Gasteiger partial charge is 0.119 e. The molecule has 30 heavy (non-hydrogen) atoms. The molecule has 2 rings (SSSR count). The second-order valence-corrected chi connectivity index (χ2v) is 8.75. The molecule has 166 valence electrons. The molecule has 0 unspecified atom stereocenters. The molecular weight excluding hydrogens is 364 g/mol. The first-order chi connectivity index (χ1) is 14.9. The summed E-state index contributed by atoms with van der Waals surface area (Å²) in [5, 5.41) is 0. The van der Waals surface area contributed by atoms with Gasteiger partial charge in [-0.05, 0) is 36.1 Å². The highest BCUT2D eigenvalue weighted by Gasteiger charge is 1.99. The zero-order chi connectivity index (χ0) is 21.1. The summed E-state index contributed by atoms with van der Waals surface area (Å²) in [5.41, 5.74) is 2.69. The molecule has 0 aliphatic rings. The van der Waals surface area contributed by atoms with Crippen LogP contribution in [0.25, 0.3) is 0 Å². The Hall–Kier alpha value is -1.76. The summed E-state index contributed by atoms with van der Waals surface area (Å²) in [7, 11) is 0. The van der Waals surface area contributed by atoms with Gasteiger partial charge in [-0.3, -0.25) is 0 Å². The van der Waals surface area contributed by atoms with Crippen molar-refractivity contribution in [2.24, 2.45) is 0 Å². The highest BCUT2D eigenvalue weighted by Crippen LogP contribution is 2.16. The summed E-state index contributed by atoms with van der Waals surface area (Å²) < 4.78 is 5.92. The van der Waals surface area contributed by atoms with E-state index in [9.17, 15) is 0 Å². The molecule has 0 fully saturated rings. The molecule has 0 spiro atoms. The van der Waals surface area contributed by atoms with Crippen LogP contribution in [0.15, 0.2) is 54.6 Å². The van der Waals surface area contributed by atoms with Crippen LogP contribution in [-0.2, 0) is 6.42 Å². The minimum absolute atomic E-state index is 0.843. The van der Waals surface area contributed by atoms with Crippen LogP contribution in [0, 0.1) is 0 Å². The Balaban J connectivity index is 1.38. The van der Waals surface area contributed by atoms with Crippen LogP contribution in [0.3, 0.4) is 0 Å². The lowest BCUT2D eigenvalue weighted by atomic mass is 10.0. The number of hydrogen-bond donors (Lipinski definition) is 0. The molecule has 1 heteroatoms. The Morgan fingerprint density at radius 2 is 0.967 bits per heavy atom. The van der Waals surface area contributed by atoms with E-state index in [4.69, 9.17) is 4.74 Å². The molecule has 0 atom stereocenters. The largest absolute Gasteiger partial charge is 0.494 e. The predicted molar refractivity (Wildman–Crippen MR) is 131 cm³/mol. The van der Waals surface area contributed by atoms with Crippen molar-refractivity contribution in [1.29, 1.82) is 0 Å². The van der Waals surface area contributed by atoms with Crippen molar-refractivity contribution in [3.8, 4) is 5.75 Å². The fourth-order valence-corrected chi connectivity index (χ4v) is 4.02. The minimum atomic E-state index is 0.843. The maximum atomic E-state index is 5.92. The van der Waals surface area contributed by atoms with Gasteiger partial charge < -0.3 is 4.74 Å². The second kappa shape index (κ2) is 17.0. The average molecular weight is 409 g/mol. The molecular formula is C29H44O. The number of rotatable bonds is 18. The van der Waals surface area contributed by atoms with Crippen LogP contribution in [0.2, 0.25) is 0 Å². The monoisotopic (exact) mass is 408 g/mol. The number of hydrogen-bond acceptors (Lipinski definition) is 1.